The van der Waals surface area contributed by atoms with Crippen LogP contribution in [0.5, 0.6) is 5.75 Å². The van der Waals surface area contributed by atoms with Crippen LogP contribution in [0.2, 0.25) is 0 Å². The first-order chi connectivity index (χ1) is 12.5. The zero-order chi connectivity index (χ0) is 18.3. The van der Waals surface area contributed by atoms with Gasteiger partial charge >= 0.3 is 0 Å². The van der Waals surface area contributed by atoms with Gasteiger partial charge in [-0.05, 0) is 70.0 Å². The first-order valence-corrected chi connectivity index (χ1v) is 9.52. The van der Waals surface area contributed by atoms with Gasteiger partial charge in [0.15, 0.2) is 0 Å². The Balaban J connectivity index is 1.95. The van der Waals surface area contributed by atoms with E-state index in [0.717, 1.165) is 21.1 Å². The lowest BCUT2D eigenvalue weighted by molar-refractivity contribution is 0.103. The molecule has 0 aliphatic rings. The van der Waals surface area contributed by atoms with E-state index in [1.54, 1.807) is 12.1 Å². The Labute approximate surface area is 167 Å². The summed E-state index contributed by atoms with van der Waals surface area (Å²) in [5, 5.41) is 9.72. The number of rotatable bonds is 3. The molecular weight excluding hydrogens is 458 g/mol. The highest BCUT2D eigenvalue weighted by atomic mass is 79.9. The predicted molar refractivity (Wildman–Crippen MR) is 110 cm³/mol. The molecule has 0 radical (unpaired) electrons. The molecule has 0 atom stereocenters. The van der Waals surface area contributed by atoms with Crippen LogP contribution in [0.25, 0.3) is 16.6 Å². The summed E-state index contributed by atoms with van der Waals surface area (Å²) in [6, 6.07) is 20.6. The number of benzene rings is 2. The Morgan fingerprint density at radius 3 is 2.42 bits per heavy atom. The number of aromatic hydroxyl groups is 1. The summed E-state index contributed by atoms with van der Waals surface area (Å²) in [6.07, 6.45) is 1.89. The van der Waals surface area contributed by atoms with Gasteiger partial charge in [-0.2, -0.15) is 0 Å². The Morgan fingerprint density at radius 1 is 0.923 bits per heavy atom. The molecule has 2 aromatic carbocycles. The van der Waals surface area contributed by atoms with Crippen molar-refractivity contribution >= 4 is 43.2 Å². The smallest absolute Gasteiger partial charge is 0.210 e. The fraction of sp³-hybridized carbons (Fsp3) is 0. The third-order valence-electron chi connectivity index (χ3n) is 4.26. The number of hydrogen-bond acceptors (Lipinski definition) is 2. The van der Waals surface area contributed by atoms with Crippen molar-refractivity contribution in [3.63, 3.8) is 0 Å². The number of aromatic nitrogens is 1. The average Bonchev–Trinajstić information content (AvgIpc) is 3.03. The van der Waals surface area contributed by atoms with Gasteiger partial charge in [0.05, 0.1) is 4.47 Å². The molecule has 5 heteroatoms. The van der Waals surface area contributed by atoms with Crippen molar-refractivity contribution in [2.24, 2.45) is 0 Å². The SMILES string of the molecule is O=C(c1ccc(O)c(Br)c1)c1c(-c2ccc(Br)cc2)cc2ccccn12. The zero-order valence-corrected chi connectivity index (χ0v) is 16.7. The lowest BCUT2D eigenvalue weighted by Crippen LogP contribution is -2.06. The molecule has 0 bridgehead atoms. The van der Waals surface area contributed by atoms with E-state index in [9.17, 15) is 9.90 Å². The molecule has 2 heterocycles. The van der Waals surface area contributed by atoms with Crippen LogP contribution >= 0.6 is 31.9 Å². The summed E-state index contributed by atoms with van der Waals surface area (Å²) in [7, 11) is 0. The van der Waals surface area contributed by atoms with Crippen LogP contribution in [0.4, 0.5) is 0 Å². The summed E-state index contributed by atoms with van der Waals surface area (Å²) in [4.78, 5) is 13.3. The second-order valence-corrected chi connectivity index (χ2v) is 7.67. The first-order valence-electron chi connectivity index (χ1n) is 7.94. The van der Waals surface area contributed by atoms with E-state index in [4.69, 9.17) is 0 Å². The lowest BCUT2D eigenvalue weighted by Gasteiger charge is -2.08. The maximum absolute atomic E-state index is 13.3. The second kappa shape index (κ2) is 6.74. The summed E-state index contributed by atoms with van der Waals surface area (Å²) < 4.78 is 3.38. The van der Waals surface area contributed by atoms with Crippen molar-refractivity contribution < 1.29 is 9.90 Å². The van der Waals surface area contributed by atoms with E-state index in [2.05, 4.69) is 31.9 Å². The van der Waals surface area contributed by atoms with Crippen molar-refractivity contribution in [1.29, 1.82) is 0 Å². The van der Waals surface area contributed by atoms with Gasteiger partial charge in [0, 0.05) is 27.3 Å². The van der Waals surface area contributed by atoms with Gasteiger partial charge in [-0.25, -0.2) is 0 Å². The monoisotopic (exact) mass is 469 g/mol. The number of nitrogens with zero attached hydrogens (tertiary/aromatic N) is 1. The molecule has 0 unspecified atom stereocenters. The molecule has 0 aliphatic carbocycles. The van der Waals surface area contributed by atoms with E-state index in [-0.39, 0.29) is 11.5 Å². The number of halogens is 2. The van der Waals surface area contributed by atoms with Gasteiger partial charge < -0.3 is 9.51 Å². The summed E-state index contributed by atoms with van der Waals surface area (Å²) >= 11 is 6.74. The number of carbonyl (C=O) groups is 1. The summed E-state index contributed by atoms with van der Waals surface area (Å²) in [5.41, 5.74) is 3.90. The molecule has 4 aromatic rings. The van der Waals surface area contributed by atoms with Crippen LogP contribution in [0.3, 0.4) is 0 Å². The maximum atomic E-state index is 13.3. The van der Waals surface area contributed by atoms with Crippen LogP contribution in [0, 0.1) is 0 Å². The van der Waals surface area contributed by atoms with Crippen LogP contribution in [-0.2, 0) is 0 Å². The van der Waals surface area contributed by atoms with Crippen molar-refractivity contribution in [3.8, 4) is 16.9 Å². The van der Waals surface area contributed by atoms with Crippen molar-refractivity contribution in [2.75, 3.05) is 0 Å². The molecule has 3 nitrogen and oxygen atoms in total. The maximum Gasteiger partial charge on any atom is 0.210 e. The van der Waals surface area contributed by atoms with E-state index in [1.807, 2.05) is 59.1 Å². The van der Waals surface area contributed by atoms with Gasteiger partial charge in [-0.3, -0.25) is 4.79 Å². The number of ketones is 1. The normalized spacial score (nSPS) is 11.0. The van der Waals surface area contributed by atoms with E-state index in [1.165, 1.54) is 6.07 Å². The minimum absolute atomic E-state index is 0.102. The summed E-state index contributed by atoms with van der Waals surface area (Å²) in [6.45, 7) is 0. The quantitative estimate of drug-likeness (QED) is 0.369. The highest BCUT2D eigenvalue weighted by Crippen LogP contribution is 2.32. The van der Waals surface area contributed by atoms with Gasteiger partial charge in [0.25, 0.3) is 0 Å². The van der Waals surface area contributed by atoms with E-state index < -0.39 is 0 Å². The second-order valence-electron chi connectivity index (χ2n) is 5.90. The molecule has 1 N–H and O–H groups in total. The third-order valence-corrected chi connectivity index (χ3v) is 5.42. The number of carbonyl (C=O) groups excluding carboxylic acids is 1. The molecule has 0 aliphatic heterocycles. The molecule has 0 amide bonds. The molecule has 0 saturated heterocycles. The largest absolute Gasteiger partial charge is 0.507 e. The molecule has 128 valence electrons. The Morgan fingerprint density at radius 2 is 1.69 bits per heavy atom. The molecular formula is C21H13Br2NO2. The van der Waals surface area contributed by atoms with Gasteiger partial charge in [-0.1, -0.05) is 34.1 Å². The average molecular weight is 471 g/mol. The van der Waals surface area contributed by atoms with Crippen LogP contribution < -0.4 is 0 Å². The minimum Gasteiger partial charge on any atom is -0.507 e. The van der Waals surface area contributed by atoms with Crippen molar-refractivity contribution in [3.05, 3.63) is 93.1 Å². The Bertz CT molecular complexity index is 1130. The molecule has 0 saturated carbocycles. The third kappa shape index (κ3) is 2.97. The number of hydrogen-bond donors (Lipinski definition) is 1. The Kier molecular flexibility index (Phi) is 4.42. The van der Waals surface area contributed by atoms with Gasteiger partial charge in [0.2, 0.25) is 5.78 Å². The van der Waals surface area contributed by atoms with Crippen LogP contribution in [-0.4, -0.2) is 15.3 Å². The fourth-order valence-electron chi connectivity index (χ4n) is 2.99. The van der Waals surface area contributed by atoms with Crippen LogP contribution in [0.1, 0.15) is 16.1 Å². The highest BCUT2D eigenvalue weighted by Gasteiger charge is 2.20. The number of phenolic OH excluding ortho intramolecular Hbond substituents is 1. The summed E-state index contributed by atoms with van der Waals surface area (Å²) in [5.74, 6) is 0.00418. The Hall–Kier alpha value is -2.37. The zero-order valence-electron chi connectivity index (χ0n) is 13.5. The van der Waals surface area contributed by atoms with E-state index in [0.29, 0.717) is 15.7 Å². The number of pyridine rings is 1. The molecule has 0 fully saturated rings. The van der Waals surface area contributed by atoms with E-state index >= 15 is 0 Å². The number of fused-ring (bicyclic) bond motifs is 1. The van der Waals surface area contributed by atoms with Crippen LogP contribution in [0.15, 0.2) is 81.9 Å². The number of phenols is 1. The fourth-order valence-corrected chi connectivity index (χ4v) is 3.63. The van der Waals surface area contributed by atoms with Crippen molar-refractivity contribution in [2.45, 2.75) is 0 Å². The van der Waals surface area contributed by atoms with Crippen molar-refractivity contribution in [1.82, 2.24) is 4.40 Å². The molecule has 2 aromatic heterocycles. The molecule has 26 heavy (non-hydrogen) atoms. The van der Waals surface area contributed by atoms with Gasteiger partial charge in [-0.15, -0.1) is 0 Å². The molecule has 4 rings (SSSR count). The molecule has 0 spiro atoms. The standard InChI is InChI=1S/C21H13Br2NO2/c22-15-7-4-13(5-8-15)17-12-16-3-1-2-10-24(16)20(17)21(26)14-6-9-19(25)18(23)11-14/h1-12,25H. The lowest BCUT2D eigenvalue weighted by atomic mass is 10.0. The highest BCUT2D eigenvalue weighted by molar-refractivity contribution is 9.10. The predicted octanol–water partition coefficient (Wildman–Crippen LogP) is 6.07. The minimum atomic E-state index is -0.102. The van der Waals surface area contributed by atoms with Gasteiger partial charge in [0.1, 0.15) is 11.4 Å². The first kappa shape index (κ1) is 17.1. The topological polar surface area (TPSA) is 41.7 Å².